The maximum Gasteiger partial charge on any atom is 0.410 e. The number of piperidine rings is 2. The molecule has 0 aliphatic carbocycles. The van der Waals surface area contributed by atoms with Crippen LogP contribution in [0.3, 0.4) is 0 Å². The van der Waals surface area contributed by atoms with Gasteiger partial charge in [-0.3, -0.25) is 4.90 Å². The first-order valence-electron chi connectivity index (χ1n) is 8.50. The van der Waals surface area contributed by atoms with Crippen LogP contribution in [0, 0.1) is 5.92 Å². The average Bonchev–Trinajstić information content (AvgIpc) is 2.36. The van der Waals surface area contributed by atoms with E-state index in [1.807, 2.05) is 25.7 Å². The Labute approximate surface area is 129 Å². The molecule has 2 rings (SSSR count). The highest BCUT2D eigenvalue weighted by Crippen LogP contribution is 2.27. The van der Waals surface area contributed by atoms with E-state index in [1.54, 1.807) is 0 Å². The molecule has 2 heterocycles. The molecule has 2 saturated heterocycles. The molecule has 3 atom stereocenters. The van der Waals surface area contributed by atoms with Gasteiger partial charge in [0.15, 0.2) is 0 Å². The lowest BCUT2D eigenvalue weighted by Crippen LogP contribution is -2.53. The van der Waals surface area contributed by atoms with Crippen LogP contribution in [0.5, 0.6) is 0 Å². The lowest BCUT2D eigenvalue weighted by Gasteiger charge is -2.44. The monoisotopic (exact) mass is 296 g/mol. The molecule has 0 saturated carbocycles. The van der Waals surface area contributed by atoms with Gasteiger partial charge in [0.2, 0.25) is 0 Å². The second-order valence-corrected chi connectivity index (χ2v) is 7.94. The number of carbonyl (C=O) groups excluding carboxylic acids is 1. The zero-order chi connectivity index (χ0) is 15.6. The maximum atomic E-state index is 12.2. The van der Waals surface area contributed by atoms with Gasteiger partial charge in [0.05, 0.1) is 0 Å². The van der Waals surface area contributed by atoms with Crippen LogP contribution in [0.1, 0.15) is 60.3 Å². The summed E-state index contributed by atoms with van der Waals surface area (Å²) in [6, 6.07) is 0.914. The fraction of sp³-hybridized carbons (Fsp3) is 0.941. The Morgan fingerprint density at radius 3 is 2.43 bits per heavy atom. The van der Waals surface area contributed by atoms with Crippen LogP contribution in [-0.4, -0.2) is 53.2 Å². The van der Waals surface area contributed by atoms with E-state index in [0.717, 1.165) is 25.3 Å². The van der Waals surface area contributed by atoms with Crippen LogP contribution in [0.2, 0.25) is 0 Å². The second-order valence-electron chi connectivity index (χ2n) is 7.94. The predicted molar refractivity (Wildman–Crippen MR) is 85.4 cm³/mol. The lowest BCUT2D eigenvalue weighted by atomic mass is 9.92. The van der Waals surface area contributed by atoms with Crippen molar-refractivity contribution in [3.05, 3.63) is 0 Å². The largest absolute Gasteiger partial charge is 0.444 e. The number of amides is 1. The van der Waals surface area contributed by atoms with Gasteiger partial charge < -0.3 is 9.64 Å². The summed E-state index contributed by atoms with van der Waals surface area (Å²) in [5.41, 5.74) is -0.407. The molecule has 4 heteroatoms. The molecule has 1 amide bonds. The Kier molecular flexibility index (Phi) is 5.18. The third-order valence-electron chi connectivity index (χ3n) is 4.68. The summed E-state index contributed by atoms with van der Waals surface area (Å²) in [5.74, 6) is 0.818. The van der Waals surface area contributed by atoms with Gasteiger partial charge in [0.25, 0.3) is 0 Å². The van der Waals surface area contributed by atoms with Gasteiger partial charge in [-0.05, 0) is 65.8 Å². The summed E-state index contributed by atoms with van der Waals surface area (Å²) in [7, 11) is 0. The summed E-state index contributed by atoms with van der Waals surface area (Å²) >= 11 is 0. The number of nitrogens with zero attached hydrogens (tertiary/aromatic N) is 2. The minimum atomic E-state index is -0.407. The lowest BCUT2D eigenvalue weighted by molar-refractivity contribution is -0.00218. The normalized spacial score (nSPS) is 32.0. The second kappa shape index (κ2) is 6.55. The van der Waals surface area contributed by atoms with Crippen LogP contribution < -0.4 is 0 Å². The molecular weight excluding hydrogens is 264 g/mol. The molecule has 2 fully saturated rings. The van der Waals surface area contributed by atoms with Crippen LogP contribution in [-0.2, 0) is 4.74 Å². The van der Waals surface area contributed by atoms with Crippen LogP contribution in [0.4, 0.5) is 4.79 Å². The first-order valence-corrected chi connectivity index (χ1v) is 8.50. The fourth-order valence-corrected chi connectivity index (χ4v) is 3.63. The molecule has 0 aromatic rings. The van der Waals surface area contributed by atoms with Crippen molar-refractivity contribution in [1.29, 1.82) is 0 Å². The summed E-state index contributed by atoms with van der Waals surface area (Å²) < 4.78 is 5.52. The first-order chi connectivity index (χ1) is 9.76. The molecule has 21 heavy (non-hydrogen) atoms. The smallest absolute Gasteiger partial charge is 0.410 e. The molecule has 4 nitrogen and oxygen atoms in total. The Morgan fingerprint density at radius 1 is 1.14 bits per heavy atom. The van der Waals surface area contributed by atoms with E-state index in [1.165, 1.54) is 25.9 Å². The van der Waals surface area contributed by atoms with E-state index >= 15 is 0 Å². The maximum absolute atomic E-state index is 12.2. The van der Waals surface area contributed by atoms with Gasteiger partial charge in [0, 0.05) is 25.2 Å². The Hall–Kier alpha value is -0.770. The van der Waals surface area contributed by atoms with Crippen molar-refractivity contribution < 1.29 is 9.53 Å². The SMILES string of the molecule is CC1CC(N2CCC[C@@H](C)C2)CCN1C(=O)OC(C)(C)C. The van der Waals surface area contributed by atoms with Crippen molar-refractivity contribution in [1.82, 2.24) is 9.80 Å². The van der Waals surface area contributed by atoms with E-state index < -0.39 is 5.60 Å². The van der Waals surface area contributed by atoms with Gasteiger partial charge >= 0.3 is 6.09 Å². The molecule has 0 bridgehead atoms. The minimum absolute atomic E-state index is 0.152. The molecule has 0 aromatic carbocycles. The molecule has 2 aliphatic heterocycles. The van der Waals surface area contributed by atoms with Gasteiger partial charge in [-0.15, -0.1) is 0 Å². The van der Waals surface area contributed by atoms with Crippen molar-refractivity contribution >= 4 is 6.09 Å². The van der Waals surface area contributed by atoms with E-state index in [-0.39, 0.29) is 12.1 Å². The highest BCUT2D eigenvalue weighted by Gasteiger charge is 2.34. The highest BCUT2D eigenvalue weighted by molar-refractivity contribution is 5.68. The molecule has 2 aliphatic rings. The fourth-order valence-electron chi connectivity index (χ4n) is 3.63. The van der Waals surface area contributed by atoms with Gasteiger partial charge in [-0.1, -0.05) is 6.92 Å². The standard InChI is InChI=1S/C17H32N2O2/c1-13-7-6-9-18(12-13)15-8-10-19(14(2)11-15)16(20)21-17(3,4)5/h13-15H,6-12H2,1-5H3/t13-,14?,15?/m1/s1. The molecule has 0 radical (unpaired) electrons. The summed E-state index contributed by atoms with van der Waals surface area (Å²) in [6.45, 7) is 13.6. The zero-order valence-electron chi connectivity index (χ0n) is 14.4. The molecule has 0 N–H and O–H groups in total. The van der Waals surface area contributed by atoms with Crippen molar-refractivity contribution in [2.75, 3.05) is 19.6 Å². The van der Waals surface area contributed by atoms with Crippen molar-refractivity contribution in [2.45, 2.75) is 78.0 Å². The minimum Gasteiger partial charge on any atom is -0.444 e. The number of likely N-dealkylation sites (tertiary alicyclic amines) is 2. The van der Waals surface area contributed by atoms with Crippen molar-refractivity contribution in [3.8, 4) is 0 Å². The van der Waals surface area contributed by atoms with E-state index in [0.29, 0.717) is 6.04 Å². The molecule has 2 unspecified atom stereocenters. The van der Waals surface area contributed by atoms with Crippen LogP contribution >= 0.6 is 0 Å². The first kappa shape index (κ1) is 16.6. The molecule has 0 spiro atoms. The summed E-state index contributed by atoms with van der Waals surface area (Å²) in [6.07, 6.45) is 4.69. The third kappa shape index (κ3) is 4.60. The van der Waals surface area contributed by atoms with Crippen LogP contribution in [0.15, 0.2) is 0 Å². The average molecular weight is 296 g/mol. The molecule has 122 valence electrons. The zero-order valence-corrected chi connectivity index (χ0v) is 14.4. The molecular formula is C17H32N2O2. The predicted octanol–water partition coefficient (Wildman–Crippen LogP) is 3.51. The number of ether oxygens (including phenoxy) is 1. The Bertz CT molecular complexity index is 364. The van der Waals surface area contributed by atoms with Gasteiger partial charge in [-0.25, -0.2) is 4.79 Å². The number of carbonyl (C=O) groups is 1. The van der Waals surface area contributed by atoms with Gasteiger partial charge in [0.1, 0.15) is 5.60 Å². The third-order valence-corrected chi connectivity index (χ3v) is 4.68. The van der Waals surface area contributed by atoms with E-state index in [2.05, 4.69) is 18.7 Å². The van der Waals surface area contributed by atoms with E-state index in [9.17, 15) is 4.79 Å². The number of rotatable bonds is 1. The topological polar surface area (TPSA) is 32.8 Å². The van der Waals surface area contributed by atoms with E-state index in [4.69, 9.17) is 4.74 Å². The summed E-state index contributed by atoms with van der Waals surface area (Å²) in [5, 5.41) is 0. The highest BCUT2D eigenvalue weighted by atomic mass is 16.6. The van der Waals surface area contributed by atoms with Crippen molar-refractivity contribution in [2.24, 2.45) is 5.92 Å². The quantitative estimate of drug-likeness (QED) is 0.742. The summed E-state index contributed by atoms with van der Waals surface area (Å²) in [4.78, 5) is 16.8. The van der Waals surface area contributed by atoms with Crippen LogP contribution in [0.25, 0.3) is 0 Å². The number of hydrogen-bond donors (Lipinski definition) is 0. The Balaban J connectivity index is 1.88. The van der Waals surface area contributed by atoms with Gasteiger partial charge in [-0.2, -0.15) is 0 Å². The van der Waals surface area contributed by atoms with Crippen molar-refractivity contribution in [3.63, 3.8) is 0 Å². The Morgan fingerprint density at radius 2 is 1.86 bits per heavy atom. The number of hydrogen-bond acceptors (Lipinski definition) is 3. The molecule has 0 aromatic heterocycles.